The molecular formula is C19H29N5O2. The van der Waals surface area contributed by atoms with Gasteiger partial charge in [-0.05, 0) is 12.8 Å². The molecule has 1 saturated carbocycles. The van der Waals surface area contributed by atoms with E-state index in [0.717, 1.165) is 76.8 Å². The van der Waals surface area contributed by atoms with E-state index >= 15 is 0 Å². The molecule has 2 saturated heterocycles. The van der Waals surface area contributed by atoms with Crippen molar-refractivity contribution >= 4 is 17.4 Å². The predicted octanol–water partition coefficient (Wildman–Crippen LogP) is 1.54. The van der Waals surface area contributed by atoms with Crippen LogP contribution < -0.4 is 9.80 Å². The molecule has 1 amide bonds. The van der Waals surface area contributed by atoms with Gasteiger partial charge in [-0.25, -0.2) is 0 Å². The lowest BCUT2D eigenvalue weighted by Gasteiger charge is -2.38. The Bertz CT molecular complexity index is 606. The van der Waals surface area contributed by atoms with E-state index in [1.165, 1.54) is 19.3 Å². The summed E-state index contributed by atoms with van der Waals surface area (Å²) in [4.78, 5) is 19.3. The largest absolute Gasteiger partial charge is 0.378 e. The molecule has 0 spiro atoms. The minimum absolute atomic E-state index is 0.269. The lowest BCUT2D eigenvalue weighted by molar-refractivity contribution is -0.136. The van der Waals surface area contributed by atoms with Crippen LogP contribution in [0, 0.1) is 5.92 Å². The van der Waals surface area contributed by atoms with Crippen LogP contribution in [0.3, 0.4) is 0 Å². The Morgan fingerprint density at radius 3 is 2.42 bits per heavy atom. The van der Waals surface area contributed by atoms with Gasteiger partial charge in [0.1, 0.15) is 0 Å². The Balaban J connectivity index is 1.35. The molecule has 7 heteroatoms. The minimum atomic E-state index is 0.269. The number of anilines is 2. The Morgan fingerprint density at radius 1 is 0.962 bits per heavy atom. The summed E-state index contributed by atoms with van der Waals surface area (Å²) >= 11 is 0. The molecule has 1 aliphatic carbocycles. The smallest absolute Gasteiger partial charge is 0.225 e. The van der Waals surface area contributed by atoms with Gasteiger partial charge < -0.3 is 19.4 Å². The van der Waals surface area contributed by atoms with Crippen LogP contribution in [0.25, 0.3) is 0 Å². The second kappa shape index (κ2) is 8.20. The number of hydrogen-bond acceptors (Lipinski definition) is 6. The molecule has 0 radical (unpaired) electrons. The van der Waals surface area contributed by atoms with E-state index in [1.807, 2.05) is 6.20 Å². The van der Waals surface area contributed by atoms with E-state index in [0.29, 0.717) is 5.91 Å². The number of hydrogen-bond donors (Lipinski definition) is 0. The van der Waals surface area contributed by atoms with Crippen molar-refractivity contribution in [3.63, 3.8) is 0 Å². The molecular weight excluding hydrogens is 330 g/mol. The van der Waals surface area contributed by atoms with Gasteiger partial charge in [0, 0.05) is 51.3 Å². The van der Waals surface area contributed by atoms with E-state index in [1.54, 1.807) is 0 Å². The molecule has 4 rings (SSSR count). The molecule has 3 heterocycles. The molecule has 1 aromatic rings. The maximum Gasteiger partial charge on any atom is 0.225 e. The first-order valence-electron chi connectivity index (χ1n) is 10.0. The van der Waals surface area contributed by atoms with Crippen LogP contribution in [0.4, 0.5) is 11.5 Å². The van der Waals surface area contributed by atoms with Crippen molar-refractivity contribution in [1.82, 2.24) is 15.1 Å². The molecule has 0 aromatic carbocycles. The fourth-order valence-corrected chi connectivity index (χ4v) is 4.26. The van der Waals surface area contributed by atoms with E-state index in [2.05, 4.69) is 31.0 Å². The van der Waals surface area contributed by atoms with Crippen LogP contribution in [-0.4, -0.2) is 73.5 Å². The van der Waals surface area contributed by atoms with Crippen LogP contribution in [0.1, 0.15) is 32.1 Å². The number of nitrogens with zero attached hydrogens (tertiary/aromatic N) is 5. The normalized spacial score (nSPS) is 22.5. The van der Waals surface area contributed by atoms with E-state index < -0.39 is 0 Å². The van der Waals surface area contributed by atoms with Crippen molar-refractivity contribution in [2.24, 2.45) is 5.92 Å². The molecule has 0 unspecified atom stereocenters. The average Bonchev–Trinajstić information content (AvgIpc) is 2.75. The fourth-order valence-electron chi connectivity index (χ4n) is 4.26. The minimum Gasteiger partial charge on any atom is -0.378 e. The molecule has 7 nitrogen and oxygen atoms in total. The summed E-state index contributed by atoms with van der Waals surface area (Å²) in [5.74, 6) is 1.57. The highest BCUT2D eigenvalue weighted by atomic mass is 16.5. The SMILES string of the molecule is O=C(C1CCCCC1)N1CCN(c2cnnc(N3CCOCC3)c2)CC1. The van der Waals surface area contributed by atoms with Gasteiger partial charge in [0.05, 0.1) is 25.1 Å². The summed E-state index contributed by atoms with van der Waals surface area (Å²) in [6, 6.07) is 2.12. The van der Waals surface area contributed by atoms with Crippen LogP contribution in [0.2, 0.25) is 0 Å². The number of amides is 1. The molecule has 2 aliphatic heterocycles. The second-order valence-electron chi connectivity index (χ2n) is 7.52. The maximum atomic E-state index is 12.7. The third-order valence-corrected chi connectivity index (χ3v) is 5.87. The van der Waals surface area contributed by atoms with Crippen molar-refractivity contribution in [2.75, 3.05) is 62.3 Å². The number of aromatic nitrogens is 2. The molecule has 0 bridgehead atoms. The van der Waals surface area contributed by atoms with E-state index in [4.69, 9.17) is 4.74 Å². The highest BCUT2D eigenvalue weighted by Gasteiger charge is 2.28. The zero-order valence-electron chi connectivity index (χ0n) is 15.5. The van der Waals surface area contributed by atoms with Crippen molar-refractivity contribution in [1.29, 1.82) is 0 Å². The predicted molar refractivity (Wildman–Crippen MR) is 100 cm³/mol. The molecule has 1 aromatic heterocycles. The number of rotatable bonds is 3. The first-order valence-corrected chi connectivity index (χ1v) is 10.0. The number of ether oxygens (including phenoxy) is 1. The highest BCUT2D eigenvalue weighted by Crippen LogP contribution is 2.27. The fraction of sp³-hybridized carbons (Fsp3) is 0.737. The van der Waals surface area contributed by atoms with Crippen molar-refractivity contribution in [3.8, 4) is 0 Å². The monoisotopic (exact) mass is 359 g/mol. The molecule has 142 valence electrons. The standard InChI is InChI=1S/C19H29N5O2/c25-19(16-4-2-1-3-5-16)24-8-6-22(7-9-24)17-14-18(21-20-15-17)23-10-12-26-13-11-23/h14-16H,1-13H2. The first kappa shape index (κ1) is 17.5. The molecule has 3 fully saturated rings. The second-order valence-corrected chi connectivity index (χ2v) is 7.52. The van der Waals surface area contributed by atoms with E-state index in [9.17, 15) is 4.79 Å². The molecule has 0 N–H and O–H groups in total. The summed E-state index contributed by atoms with van der Waals surface area (Å²) < 4.78 is 5.41. The molecule has 26 heavy (non-hydrogen) atoms. The van der Waals surface area contributed by atoms with Gasteiger partial charge in [0.2, 0.25) is 5.91 Å². The third kappa shape index (κ3) is 3.92. The van der Waals surface area contributed by atoms with Gasteiger partial charge in [0.15, 0.2) is 5.82 Å². The van der Waals surface area contributed by atoms with Crippen LogP contribution >= 0.6 is 0 Å². The van der Waals surface area contributed by atoms with E-state index in [-0.39, 0.29) is 5.92 Å². The summed E-state index contributed by atoms with van der Waals surface area (Å²) in [6.45, 7) is 6.57. The van der Waals surface area contributed by atoms with Gasteiger partial charge >= 0.3 is 0 Å². The summed E-state index contributed by atoms with van der Waals surface area (Å²) in [7, 11) is 0. The first-order chi connectivity index (χ1) is 12.8. The maximum absolute atomic E-state index is 12.7. The number of carbonyl (C=O) groups is 1. The van der Waals surface area contributed by atoms with Gasteiger partial charge in [-0.3, -0.25) is 4.79 Å². The summed E-state index contributed by atoms with van der Waals surface area (Å²) in [5, 5.41) is 8.50. The third-order valence-electron chi connectivity index (χ3n) is 5.87. The number of carbonyl (C=O) groups excluding carboxylic acids is 1. The number of piperazine rings is 1. The Kier molecular flexibility index (Phi) is 5.53. The number of morpholine rings is 1. The van der Waals surface area contributed by atoms with Crippen LogP contribution in [0.5, 0.6) is 0 Å². The topological polar surface area (TPSA) is 61.8 Å². The lowest BCUT2D eigenvalue weighted by Crippen LogP contribution is -2.50. The Hall–Kier alpha value is -1.89. The van der Waals surface area contributed by atoms with Gasteiger partial charge in [0.25, 0.3) is 0 Å². The van der Waals surface area contributed by atoms with Crippen molar-refractivity contribution < 1.29 is 9.53 Å². The Labute approximate surface area is 155 Å². The van der Waals surface area contributed by atoms with Crippen molar-refractivity contribution in [3.05, 3.63) is 12.3 Å². The highest BCUT2D eigenvalue weighted by molar-refractivity contribution is 5.79. The molecule has 3 aliphatic rings. The van der Waals surface area contributed by atoms with Crippen LogP contribution in [-0.2, 0) is 9.53 Å². The Morgan fingerprint density at radius 2 is 1.69 bits per heavy atom. The average molecular weight is 359 g/mol. The quantitative estimate of drug-likeness (QED) is 0.816. The zero-order chi connectivity index (χ0) is 17.8. The molecule has 0 atom stereocenters. The lowest BCUT2D eigenvalue weighted by atomic mass is 9.88. The van der Waals surface area contributed by atoms with Gasteiger partial charge in [-0.15, -0.1) is 5.10 Å². The summed E-state index contributed by atoms with van der Waals surface area (Å²) in [6.07, 6.45) is 7.71. The summed E-state index contributed by atoms with van der Waals surface area (Å²) in [5.41, 5.74) is 1.10. The van der Waals surface area contributed by atoms with Crippen LogP contribution in [0.15, 0.2) is 12.3 Å². The zero-order valence-corrected chi connectivity index (χ0v) is 15.5. The van der Waals surface area contributed by atoms with Gasteiger partial charge in [-0.2, -0.15) is 5.10 Å². The van der Waals surface area contributed by atoms with Gasteiger partial charge in [-0.1, -0.05) is 19.3 Å². The van der Waals surface area contributed by atoms with Crippen molar-refractivity contribution in [2.45, 2.75) is 32.1 Å².